The SMILES string of the molecule is O=C(Cc1ccccc1)N1CCC[C@@H](c2nc3ccc(-c4cccnc4)cn3n2)C1. The van der Waals surface area contributed by atoms with Gasteiger partial charge in [-0.05, 0) is 36.6 Å². The van der Waals surface area contributed by atoms with Crippen molar-refractivity contribution >= 4 is 11.6 Å². The van der Waals surface area contributed by atoms with Crippen molar-refractivity contribution in [3.63, 3.8) is 0 Å². The highest BCUT2D eigenvalue weighted by molar-refractivity contribution is 5.79. The first-order chi connectivity index (χ1) is 14.8. The first kappa shape index (κ1) is 18.5. The summed E-state index contributed by atoms with van der Waals surface area (Å²) < 4.78 is 1.84. The lowest BCUT2D eigenvalue weighted by Crippen LogP contribution is -2.40. The maximum absolute atomic E-state index is 12.8. The molecule has 3 aromatic heterocycles. The van der Waals surface area contributed by atoms with E-state index in [2.05, 4.69) is 4.98 Å². The van der Waals surface area contributed by atoms with Gasteiger partial charge in [-0.3, -0.25) is 9.78 Å². The second-order valence-corrected chi connectivity index (χ2v) is 7.77. The lowest BCUT2D eigenvalue weighted by Gasteiger charge is -2.31. The van der Waals surface area contributed by atoms with E-state index in [-0.39, 0.29) is 11.8 Å². The molecule has 1 saturated heterocycles. The number of likely N-dealkylation sites (tertiary alicyclic amines) is 1. The smallest absolute Gasteiger partial charge is 0.227 e. The van der Waals surface area contributed by atoms with E-state index >= 15 is 0 Å². The fourth-order valence-electron chi connectivity index (χ4n) is 4.07. The number of rotatable bonds is 4. The van der Waals surface area contributed by atoms with E-state index in [0.717, 1.165) is 47.5 Å². The second-order valence-electron chi connectivity index (χ2n) is 7.77. The van der Waals surface area contributed by atoms with Crippen molar-refractivity contribution in [2.75, 3.05) is 13.1 Å². The number of hydrogen-bond acceptors (Lipinski definition) is 4. The molecule has 150 valence electrons. The Morgan fingerprint density at radius 2 is 1.93 bits per heavy atom. The number of hydrogen-bond donors (Lipinski definition) is 0. The van der Waals surface area contributed by atoms with E-state index in [1.165, 1.54) is 0 Å². The van der Waals surface area contributed by atoms with Gasteiger partial charge in [0.1, 0.15) is 0 Å². The van der Waals surface area contributed by atoms with E-state index in [9.17, 15) is 4.79 Å². The summed E-state index contributed by atoms with van der Waals surface area (Å²) in [7, 11) is 0. The predicted molar refractivity (Wildman–Crippen MR) is 115 cm³/mol. The minimum atomic E-state index is 0.167. The van der Waals surface area contributed by atoms with Gasteiger partial charge in [-0.1, -0.05) is 36.4 Å². The van der Waals surface area contributed by atoms with Crippen molar-refractivity contribution in [3.05, 3.63) is 84.6 Å². The summed E-state index contributed by atoms with van der Waals surface area (Å²) in [6.07, 6.45) is 8.02. The standard InChI is InChI=1S/C24H23N5O/c30-23(14-18-6-2-1-3-7-18)28-13-5-9-21(16-28)24-26-22-11-10-20(17-29(22)27-24)19-8-4-12-25-15-19/h1-4,6-8,10-12,15,17,21H,5,9,13-14,16H2/t21-/m1/s1. The molecule has 4 aromatic rings. The third-order valence-corrected chi connectivity index (χ3v) is 5.68. The molecule has 4 heterocycles. The second kappa shape index (κ2) is 8.06. The van der Waals surface area contributed by atoms with Gasteiger partial charge in [0.05, 0.1) is 6.42 Å². The number of carbonyl (C=O) groups excluding carboxylic acids is 1. The van der Waals surface area contributed by atoms with E-state index in [4.69, 9.17) is 10.1 Å². The molecule has 6 heteroatoms. The highest BCUT2D eigenvalue weighted by atomic mass is 16.2. The predicted octanol–water partition coefficient (Wildman–Crippen LogP) is 3.74. The Labute approximate surface area is 175 Å². The Bertz CT molecular complexity index is 1160. The van der Waals surface area contributed by atoms with Gasteiger partial charge in [-0.15, -0.1) is 0 Å². The zero-order valence-electron chi connectivity index (χ0n) is 16.7. The fourth-order valence-corrected chi connectivity index (χ4v) is 4.07. The third-order valence-electron chi connectivity index (χ3n) is 5.68. The Balaban J connectivity index is 1.34. The number of nitrogens with zero attached hydrogens (tertiary/aromatic N) is 5. The molecule has 0 spiro atoms. The molecule has 0 radical (unpaired) electrons. The highest BCUT2D eigenvalue weighted by Gasteiger charge is 2.27. The van der Waals surface area contributed by atoms with Crippen LogP contribution >= 0.6 is 0 Å². The average molecular weight is 397 g/mol. The molecule has 5 rings (SSSR count). The Morgan fingerprint density at radius 3 is 2.77 bits per heavy atom. The van der Waals surface area contributed by atoms with Crippen molar-refractivity contribution in [1.82, 2.24) is 24.5 Å². The average Bonchev–Trinajstić information content (AvgIpc) is 3.24. The molecule has 1 aliphatic rings. The van der Waals surface area contributed by atoms with Gasteiger partial charge >= 0.3 is 0 Å². The fraction of sp³-hybridized carbons (Fsp3) is 0.250. The van der Waals surface area contributed by atoms with Crippen molar-refractivity contribution in [2.24, 2.45) is 0 Å². The normalized spacial score (nSPS) is 16.7. The molecule has 1 aromatic carbocycles. The summed E-state index contributed by atoms with van der Waals surface area (Å²) in [6.45, 7) is 1.48. The van der Waals surface area contributed by atoms with Crippen LogP contribution in [0.4, 0.5) is 0 Å². The molecule has 1 amide bonds. The van der Waals surface area contributed by atoms with E-state index in [1.807, 2.05) is 76.4 Å². The maximum atomic E-state index is 12.8. The summed E-state index contributed by atoms with van der Waals surface area (Å²) in [6, 6.07) is 17.9. The summed E-state index contributed by atoms with van der Waals surface area (Å²) in [5.74, 6) is 1.16. The van der Waals surface area contributed by atoms with Gasteiger partial charge in [-0.25, -0.2) is 9.50 Å². The molecule has 0 unspecified atom stereocenters. The Morgan fingerprint density at radius 1 is 1.03 bits per heavy atom. The molecule has 0 saturated carbocycles. The molecule has 1 aliphatic heterocycles. The Hall–Kier alpha value is -3.54. The van der Waals surface area contributed by atoms with Crippen LogP contribution in [0.2, 0.25) is 0 Å². The Kier molecular flexibility index (Phi) is 4.97. The van der Waals surface area contributed by atoms with Crippen LogP contribution in [-0.4, -0.2) is 43.5 Å². The lowest BCUT2D eigenvalue weighted by molar-refractivity contribution is -0.131. The highest BCUT2D eigenvalue weighted by Crippen LogP contribution is 2.26. The van der Waals surface area contributed by atoms with Crippen molar-refractivity contribution in [2.45, 2.75) is 25.2 Å². The molecule has 0 bridgehead atoms. The van der Waals surface area contributed by atoms with Crippen molar-refractivity contribution in [3.8, 4) is 11.1 Å². The van der Waals surface area contributed by atoms with Crippen molar-refractivity contribution < 1.29 is 4.79 Å². The van der Waals surface area contributed by atoms with Gasteiger partial charge < -0.3 is 4.90 Å². The van der Waals surface area contributed by atoms with Gasteiger partial charge in [0.15, 0.2) is 11.5 Å². The van der Waals surface area contributed by atoms with Gasteiger partial charge in [0.25, 0.3) is 0 Å². The number of benzene rings is 1. The van der Waals surface area contributed by atoms with Crippen LogP contribution in [0.1, 0.15) is 30.1 Å². The number of amides is 1. The molecule has 30 heavy (non-hydrogen) atoms. The first-order valence-corrected chi connectivity index (χ1v) is 10.3. The van der Waals surface area contributed by atoms with Gasteiger partial charge in [0.2, 0.25) is 5.91 Å². The van der Waals surface area contributed by atoms with E-state index in [1.54, 1.807) is 6.20 Å². The van der Waals surface area contributed by atoms with Crippen LogP contribution in [-0.2, 0) is 11.2 Å². The number of fused-ring (bicyclic) bond motifs is 1. The minimum absolute atomic E-state index is 0.167. The number of piperidine rings is 1. The summed E-state index contributed by atoms with van der Waals surface area (Å²) in [5.41, 5.74) is 3.98. The van der Waals surface area contributed by atoms with Crippen LogP contribution in [0.5, 0.6) is 0 Å². The number of aromatic nitrogens is 4. The number of pyridine rings is 2. The summed E-state index contributed by atoms with van der Waals surface area (Å²) in [4.78, 5) is 23.7. The molecule has 0 N–H and O–H groups in total. The lowest BCUT2D eigenvalue weighted by atomic mass is 9.97. The van der Waals surface area contributed by atoms with Crippen LogP contribution in [0.3, 0.4) is 0 Å². The molecule has 0 aliphatic carbocycles. The molecule has 6 nitrogen and oxygen atoms in total. The monoisotopic (exact) mass is 397 g/mol. The largest absolute Gasteiger partial charge is 0.342 e. The molecular weight excluding hydrogens is 374 g/mol. The van der Waals surface area contributed by atoms with Crippen LogP contribution < -0.4 is 0 Å². The van der Waals surface area contributed by atoms with Crippen LogP contribution in [0, 0.1) is 0 Å². The van der Waals surface area contributed by atoms with Gasteiger partial charge in [-0.2, -0.15) is 5.10 Å². The van der Waals surface area contributed by atoms with Gasteiger partial charge in [0, 0.05) is 48.7 Å². The number of carbonyl (C=O) groups is 1. The zero-order valence-corrected chi connectivity index (χ0v) is 16.7. The van der Waals surface area contributed by atoms with E-state index < -0.39 is 0 Å². The molecule has 1 atom stereocenters. The zero-order chi connectivity index (χ0) is 20.3. The molecular formula is C24H23N5O. The quantitative estimate of drug-likeness (QED) is 0.526. The van der Waals surface area contributed by atoms with Crippen molar-refractivity contribution in [1.29, 1.82) is 0 Å². The third kappa shape index (κ3) is 3.81. The summed E-state index contributed by atoms with van der Waals surface area (Å²) in [5, 5.41) is 4.75. The first-order valence-electron chi connectivity index (χ1n) is 10.3. The van der Waals surface area contributed by atoms with Crippen LogP contribution in [0.15, 0.2) is 73.2 Å². The minimum Gasteiger partial charge on any atom is -0.342 e. The molecule has 1 fully saturated rings. The van der Waals surface area contributed by atoms with Crippen LogP contribution in [0.25, 0.3) is 16.8 Å². The maximum Gasteiger partial charge on any atom is 0.227 e. The topological polar surface area (TPSA) is 63.4 Å². The van der Waals surface area contributed by atoms with E-state index in [0.29, 0.717) is 13.0 Å². The summed E-state index contributed by atoms with van der Waals surface area (Å²) >= 11 is 0.